The summed E-state index contributed by atoms with van der Waals surface area (Å²) >= 11 is 3.66. The van der Waals surface area contributed by atoms with Crippen molar-refractivity contribution in [1.29, 1.82) is 0 Å². The minimum atomic E-state index is 0.245. The van der Waals surface area contributed by atoms with Crippen molar-refractivity contribution >= 4 is 15.9 Å². The van der Waals surface area contributed by atoms with E-state index < -0.39 is 0 Å². The molecule has 0 aliphatic carbocycles. The molecule has 0 radical (unpaired) electrons. The van der Waals surface area contributed by atoms with E-state index in [9.17, 15) is 0 Å². The normalized spacial score (nSPS) is 23.6. The molecule has 1 fully saturated rings. The van der Waals surface area contributed by atoms with Gasteiger partial charge >= 0.3 is 0 Å². The first kappa shape index (κ1) is 13.9. The zero-order valence-corrected chi connectivity index (χ0v) is 13.0. The van der Waals surface area contributed by atoms with Crippen molar-refractivity contribution in [1.82, 2.24) is 5.32 Å². The highest BCUT2D eigenvalue weighted by molar-refractivity contribution is 9.10. The fourth-order valence-electron chi connectivity index (χ4n) is 2.83. The van der Waals surface area contributed by atoms with Crippen molar-refractivity contribution in [2.24, 2.45) is 5.92 Å². The minimum absolute atomic E-state index is 0.245. The van der Waals surface area contributed by atoms with E-state index in [1.165, 1.54) is 22.9 Å². The molecule has 1 aromatic rings. The second kappa shape index (κ2) is 5.62. The highest BCUT2D eigenvalue weighted by Crippen LogP contribution is 2.34. The second-order valence-electron chi connectivity index (χ2n) is 5.48. The lowest BCUT2D eigenvalue weighted by molar-refractivity contribution is 0.268. The second-order valence-corrected chi connectivity index (χ2v) is 6.33. The van der Waals surface area contributed by atoms with Gasteiger partial charge in [0.25, 0.3) is 0 Å². The first-order valence-corrected chi connectivity index (χ1v) is 7.44. The molecular formula is C15H22BrNO. The van der Waals surface area contributed by atoms with Gasteiger partial charge in [0.1, 0.15) is 5.75 Å². The van der Waals surface area contributed by atoms with E-state index in [-0.39, 0.29) is 5.54 Å². The molecule has 3 heteroatoms. The van der Waals surface area contributed by atoms with Crippen LogP contribution in [0.5, 0.6) is 5.75 Å². The van der Waals surface area contributed by atoms with Crippen molar-refractivity contribution in [3.05, 3.63) is 28.2 Å². The Hall–Kier alpha value is -0.540. The lowest BCUT2D eigenvalue weighted by atomic mass is 9.80. The molecule has 0 aromatic heterocycles. The summed E-state index contributed by atoms with van der Waals surface area (Å²) in [5.74, 6) is 1.57. The van der Waals surface area contributed by atoms with Crippen LogP contribution >= 0.6 is 15.9 Å². The fraction of sp³-hybridized carbons (Fsp3) is 0.600. The van der Waals surface area contributed by atoms with Gasteiger partial charge in [-0.15, -0.1) is 0 Å². The van der Waals surface area contributed by atoms with Gasteiger partial charge in [-0.2, -0.15) is 0 Å². The van der Waals surface area contributed by atoms with Crippen LogP contribution in [0.1, 0.15) is 32.3 Å². The molecule has 1 aliphatic rings. The zero-order chi connectivity index (χ0) is 13.2. The van der Waals surface area contributed by atoms with E-state index in [4.69, 9.17) is 4.74 Å². The van der Waals surface area contributed by atoms with Gasteiger partial charge < -0.3 is 10.1 Å². The summed E-state index contributed by atoms with van der Waals surface area (Å²) < 4.78 is 6.50. The Morgan fingerprint density at radius 2 is 2.22 bits per heavy atom. The maximum Gasteiger partial charge on any atom is 0.119 e. The molecule has 2 rings (SSSR count). The summed E-state index contributed by atoms with van der Waals surface area (Å²) in [6.45, 7) is 5.76. The van der Waals surface area contributed by atoms with Crippen molar-refractivity contribution in [2.75, 3.05) is 13.7 Å². The predicted molar refractivity (Wildman–Crippen MR) is 79.2 cm³/mol. The summed E-state index contributed by atoms with van der Waals surface area (Å²) in [5, 5.41) is 3.72. The summed E-state index contributed by atoms with van der Waals surface area (Å²) in [6.07, 6.45) is 3.59. The Balaban J connectivity index is 2.26. The van der Waals surface area contributed by atoms with Crippen molar-refractivity contribution in [3.8, 4) is 5.75 Å². The third-order valence-electron chi connectivity index (χ3n) is 4.14. The molecule has 0 bridgehead atoms. The minimum Gasteiger partial charge on any atom is -0.497 e. The molecule has 1 aliphatic heterocycles. The van der Waals surface area contributed by atoms with Crippen LogP contribution in [0.4, 0.5) is 0 Å². The number of hydrogen-bond acceptors (Lipinski definition) is 2. The number of nitrogens with one attached hydrogen (secondary N) is 1. The van der Waals surface area contributed by atoms with Crippen LogP contribution < -0.4 is 10.1 Å². The third kappa shape index (κ3) is 2.72. The summed E-state index contributed by atoms with van der Waals surface area (Å²) in [7, 11) is 1.72. The van der Waals surface area contributed by atoms with Crippen LogP contribution in [0.3, 0.4) is 0 Å². The van der Waals surface area contributed by atoms with Gasteiger partial charge in [0, 0.05) is 10.0 Å². The van der Waals surface area contributed by atoms with Gasteiger partial charge in [0.15, 0.2) is 0 Å². The van der Waals surface area contributed by atoms with Gasteiger partial charge in [0.2, 0.25) is 0 Å². The maximum atomic E-state index is 5.33. The van der Waals surface area contributed by atoms with Gasteiger partial charge in [-0.3, -0.25) is 0 Å². The molecule has 2 nitrogen and oxygen atoms in total. The molecule has 1 heterocycles. The number of rotatable bonds is 4. The Morgan fingerprint density at radius 3 is 2.78 bits per heavy atom. The third-order valence-corrected chi connectivity index (χ3v) is 4.91. The van der Waals surface area contributed by atoms with Crippen molar-refractivity contribution in [3.63, 3.8) is 0 Å². The molecule has 1 unspecified atom stereocenters. The average Bonchev–Trinajstić information content (AvgIpc) is 2.82. The van der Waals surface area contributed by atoms with E-state index in [2.05, 4.69) is 47.2 Å². The molecule has 1 aromatic carbocycles. The van der Waals surface area contributed by atoms with Crippen molar-refractivity contribution < 1.29 is 4.74 Å². The molecule has 100 valence electrons. The molecular weight excluding hydrogens is 290 g/mol. The zero-order valence-electron chi connectivity index (χ0n) is 11.4. The van der Waals surface area contributed by atoms with Crippen molar-refractivity contribution in [2.45, 2.75) is 38.6 Å². The topological polar surface area (TPSA) is 21.3 Å². The summed E-state index contributed by atoms with van der Waals surface area (Å²) in [5.41, 5.74) is 1.58. The molecule has 0 saturated carbocycles. The van der Waals surface area contributed by atoms with Gasteiger partial charge in [-0.25, -0.2) is 0 Å². The summed E-state index contributed by atoms with van der Waals surface area (Å²) in [4.78, 5) is 0. The fourth-order valence-corrected chi connectivity index (χ4v) is 3.22. The first-order valence-electron chi connectivity index (χ1n) is 6.65. The Morgan fingerprint density at radius 1 is 1.44 bits per heavy atom. The number of ether oxygens (including phenoxy) is 1. The quantitative estimate of drug-likeness (QED) is 0.913. The maximum absolute atomic E-state index is 5.33. The molecule has 1 atom stereocenters. The largest absolute Gasteiger partial charge is 0.497 e. The lowest BCUT2D eigenvalue weighted by Crippen LogP contribution is -2.46. The molecule has 18 heavy (non-hydrogen) atoms. The van der Waals surface area contributed by atoms with Crippen LogP contribution in [0.2, 0.25) is 0 Å². The average molecular weight is 312 g/mol. The first-order chi connectivity index (χ1) is 8.57. The monoisotopic (exact) mass is 311 g/mol. The lowest BCUT2D eigenvalue weighted by Gasteiger charge is -2.34. The van der Waals surface area contributed by atoms with E-state index >= 15 is 0 Å². The van der Waals surface area contributed by atoms with E-state index in [0.717, 1.165) is 18.7 Å². The van der Waals surface area contributed by atoms with Crippen LogP contribution in [0.25, 0.3) is 0 Å². The predicted octanol–water partition coefficient (Wildman–Crippen LogP) is 3.78. The highest BCUT2D eigenvalue weighted by atomic mass is 79.9. The molecule has 1 N–H and O–H groups in total. The molecule has 1 saturated heterocycles. The van der Waals surface area contributed by atoms with Crippen LogP contribution in [-0.2, 0) is 6.42 Å². The van der Waals surface area contributed by atoms with Crippen LogP contribution in [-0.4, -0.2) is 19.2 Å². The molecule has 0 amide bonds. The van der Waals surface area contributed by atoms with Crippen LogP contribution in [0, 0.1) is 5.92 Å². The summed E-state index contributed by atoms with van der Waals surface area (Å²) in [6, 6.07) is 6.23. The van der Waals surface area contributed by atoms with E-state index in [1.807, 2.05) is 6.07 Å². The van der Waals surface area contributed by atoms with Gasteiger partial charge in [-0.05, 0) is 55.5 Å². The number of benzene rings is 1. The Kier molecular flexibility index (Phi) is 4.33. The number of hydrogen-bond donors (Lipinski definition) is 1. The smallest absolute Gasteiger partial charge is 0.119 e. The Bertz CT molecular complexity index is 411. The van der Waals surface area contributed by atoms with Gasteiger partial charge in [0.05, 0.1) is 7.11 Å². The SMILES string of the molecule is COc1ccc(Br)c(CC2(C(C)C)CCCN2)c1. The standard InChI is InChI=1S/C15H22BrNO/c1-11(2)15(7-4-8-17-15)10-12-9-13(18-3)5-6-14(12)16/h5-6,9,11,17H,4,7-8,10H2,1-3H3. The molecule has 0 spiro atoms. The van der Waals surface area contributed by atoms with E-state index in [0.29, 0.717) is 5.92 Å². The van der Waals surface area contributed by atoms with E-state index in [1.54, 1.807) is 7.11 Å². The van der Waals surface area contributed by atoms with Crippen LogP contribution in [0.15, 0.2) is 22.7 Å². The number of halogens is 1. The highest BCUT2D eigenvalue weighted by Gasteiger charge is 2.36. The van der Waals surface area contributed by atoms with Gasteiger partial charge in [-0.1, -0.05) is 29.8 Å². The Labute approximate surface area is 118 Å². The number of methoxy groups -OCH3 is 1.